The number of hydrogen-bond acceptors (Lipinski definition) is 6. The Balaban J connectivity index is 1.34. The van der Waals surface area contributed by atoms with Gasteiger partial charge in [0.2, 0.25) is 6.79 Å². The number of nitrogens with one attached hydrogen (secondary N) is 1. The summed E-state index contributed by atoms with van der Waals surface area (Å²) >= 11 is 6.29. The lowest BCUT2D eigenvalue weighted by Crippen LogP contribution is -2.50. The number of carbonyl (C=O) groups excluding carboxylic acids is 1. The largest absolute Gasteiger partial charge is 0.454 e. The Kier molecular flexibility index (Phi) is 5.55. The van der Waals surface area contributed by atoms with Gasteiger partial charge in [-0.15, -0.1) is 0 Å². The molecule has 0 unspecified atom stereocenters. The normalized spacial score (nSPS) is 15.1. The first-order chi connectivity index (χ1) is 16.0. The lowest BCUT2D eigenvalue weighted by molar-refractivity contribution is 0.0743. The van der Waals surface area contributed by atoms with Gasteiger partial charge in [-0.05, 0) is 29.8 Å². The van der Waals surface area contributed by atoms with E-state index >= 15 is 0 Å². The molecule has 2 aliphatic heterocycles. The van der Waals surface area contributed by atoms with Crippen LogP contribution in [0.2, 0.25) is 5.02 Å². The first-order valence-electron chi connectivity index (χ1n) is 10.5. The summed E-state index contributed by atoms with van der Waals surface area (Å²) in [6, 6.07) is 12.8. The van der Waals surface area contributed by atoms with Gasteiger partial charge in [0.25, 0.3) is 11.5 Å². The summed E-state index contributed by atoms with van der Waals surface area (Å²) in [5, 5.41) is 0.657. The molecule has 3 aromatic rings. The molecule has 33 heavy (non-hydrogen) atoms. The molecule has 1 amide bonds. The highest BCUT2D eigenvalue weighted by Gasteiger charge is 2.26. The number of benzene rings is 2. The first kappa shape index (κ1) is 21.1. The molecule has 2 aromatic carbocycles. The molecule has 170 valence electrons. The summed E-state index contributed by atoms with van der Waals surface area (Å²) in [7, 11) is 0. The number of piperazine rings is 1. The van der Waals surface area contributed by atoms with Gasteiger partial charge in [0, 0.05) is 32.4 Å². The number of ether oxygens (including phenoxy) is 2. The van der Waals surface area contributed by atoms with E-state index in [1.165, 1.54) is 6.20 Å². The Morgan fingerprint density at radius 1 is 1.00 bits per heavy atom. The number of hydrogen-bond donors (Lipinski definition) is 1. The lowest BCUT2D eigenvalue weighted by Gasteiger charge is -2.36. The maximum absolute atomic E-state index is 13.1. The van der Waals surface area contributed by atoms with Crippen molar-refractivity contribution in [2.24, 2.45) is 0 Å². The van der Waals surface area contributed by atoms with Gasteiger partial charge in [0.1, 0.15) is 5.56 Å². The summed E-state index contributed by atoms with van der Waals surface area (Å²) in [5.41, 5.74) is 0.320. The van der Waals surface area contributed by atoms with E-state index in [0.29, 0.717) is 48.3 Å². The Morgan fingerprint density at radius 2 is 1.76 bits per heavy atom. The smallest absolute Gasteiger partial charge is 0.328 e. The second-order valence-electron chi connectivity index (χ2n) is 7.82. The zero-order valence-corrected chi connectivity index (χ0v) is 18.4. The fraction of sp³-hybridized carbons (Fsp3) is 0.261. The maximum Gasteiger partial charge on any atom is 0.328 e. The van der Waals surface area contributed by atoms with Crippen LogP contribution in [0.5, 0.6) is 11.5 Å². The van der Waals surface area contributed by atoms with Crippen molar-refractivity contribution in [2.45, 2.75) is 6.54 Å². The van der Waals surface area contributed by atoms with Crippen molar-refractivity contribution in [3.8, 4) is 11.5 Å². The highest BCUT2D eigenvalue weighted by molar-refractivity contribution is 6.33. The zero-order chi connectivity index (χ0) is 22.9. The molecule has 1 aromatic heterocycles. The van der Waals surface area contributed by atoms with E-state index in [1.54, 1.807) is 23.1 Å². The SMILES string of the molecule is O=C(c1c[nH]c(=O)n(Cc2ccc3c(c2)OCO3)c1=O)N1CCN(c2ccccc2Cl)CC1. The molecule has 0 bridgehead atoms. The average Bonchev–Trinajstić information content (AvgIpc) is 3.30. The third-order valence-corrected chi connectivity index (χ3v) is 6.15. The molecule has 10 heteroatoms. The Bertz CT molecular complexity index is 1330. The minimum atomic E-state index is -0.630. The highest BCUT2D eigenvalue weighted by atomic mass is 35.5. The van der Waals surface area contributed by atoms with Crippen molar-refractivity contribution in [1.29, 1.82) is 0 Å². The summed E-state index contributed by atoms with van der Waals surface area (Å²) in [6.07, 6.45) is 1.20. The van der Waals surface area contributed by atoms with Crippen LogP contribution in [0.25, 0.3) is 0 Å². The number of anilines is 1. The van der Waals surface area contributed by atoms with Crippen LogP contribution in [0.3, 0.4) is 0 Å². The minimum Gasteiger partial charge on any atom is -0.454 e. The Hall–Kier alpha value is -3.72. The van der Waals surface area contributed by atoms with Gasteiger partial charge in [0.05, 0.1) is 17.3 Å². The standard InChI is InChI=1S/C23H21ClN4O5/c24-17-3-1-2-4-18(17)26-7-9-27(10-8-26)21(29)16-12-25-23(31)28(22(16)30)13-15-5-6-19-20(11-15)33-14-32-19/h1-6,11-12H,7-10,13-14H2,(H,25,31). The van der Waals surface area contributed by atoms with Crippen LogP contribution in [0, 0.1) is 0 Å². The topological polar surface area (TPSA) is 96.9 Å². The summed E-state index contributed by atoms with van der Waals surface area (Å²) in [6.45, 7) is 2.18. The van der Waals surface area contributed by atoms with Gasteiger partial charge in [-0.1, -0.05) is 29.8 Å². The van der Waals surface area contributed by atoms with Crippen molar-refractivity contribution in [3.63, 3.8) is 0 Å². The van der Waals surface area contributed by atoms with Crippen LogP contribution in [-0.4, -0.2) is 53.3 Å². The molecule has 0 aliphatic carbocycles. The van der Waals surface area contributed by atoms with Crippen LogP contribution in [0.15, 0.2) is 58.3 Å². The van der Waals surface area contributed by atoms with Gasteiger partial charge >= 0.3 is 5.69 Å². The number of halogens is 1. The van der Waals surface area contributed by atoms with E-state index in [9.17, 15) is 14.4 Å². The number of rotatable bonds is 4. The predicted octanol–water partition coefficient (Wildman–Crippen LogP) is 1.93. The molecule has 9 nitrogen and oxygen atoms in total. The van der Waals surface area contributed by atoms with Crippen molar-refractivity contribution in [2.75, 3.05) is 37.9 Å². The number of aromatic amines is 1. The third-order valence-electron chi connectivity index (χ3n) is 5.83. The second kappa shape index (κ2) is 8.67. The van der Waals surface area contributed by atoms with E-state index in [1.807, 2.05) is 24.3 Å². The van der Waals surface area contributed by atoms with E-state index < -0.39 is 17.2 Å². The van der Waals surface area contributed by atoms with Crippen molar-refractivity contribution < 1.29 is 14.3 Å². The lowest BCUT2D eigenvalue weighted by atomic mass is 10.2. The molecule has 0 saturated carbocycles. The molecule has 1 N–H and O–H groups in total. The van der Waals surface area contributed by atoms with Crippen LogP contribution < -0.4 is 25.6 Å². The van der Waals surface area contributed by atoms with Crippen LogP contribution in [0.1, 0.15) is 15.9 Å². The highest BCUT2D eigenvalue weighted by Crippen LogP contribution is 2.32. The van der Waals surface area contributed by atoms with Crippen molar-refractivity contribution in [3.05, 3.63) is 85.6 Å². The fourth-order valence-electron chi connectivity index (χ4n) is 4.06. The third kappa shape index (κ3) is 4.07. The molecule has 0 spiro atoms. The average molecular weight is 469 g/mol. The number of amides is 1. The van der Waals surface area contributed by atoms with E-state index in [2.05, 4.69) is 9.88 Å². The Morgan fingerprint density at radius 3 is 2.55 bits per heavy atom. The minimum absolute atomic E-state index is 0.00616. The van der Waals surface area contributed by atoms with Crippen LogP contribution in [0.4, 0.5) is 5.69 Å². The molecular formula is C23H21ClN4O5. The van der Waals surface area contributed by atoms with E-state index in [-0.39, 0.29) is 18.9 Å². The van der Waals surface area contributed by atoms with E-state index in [0.717, 1.165) is 10.3 Å². The molecule has 2 aliphatic rings. The number of fused-ring (bicyclic) bond motifs is 1. The fourth-order valence-corrected chi connectivity index (χ4v) is 4.31. The maximum atomic E-state index is 13.1. The number of nitrogens with zero attached hydrogens (tertiary/aromatic N) is 3. The number of para-hydroxylation sites is 1. The van der Waals surface area contributed by atoms with Crippen molar-refractivity contribution in [1.82, 2.24) is 14.5 Å². The monoisotopic (exact) mass is 468 g/mol. The predicted molar refractivity (Wildman–Crippen MR) is 123 cm³/mol. The molecule has 5 rings (SSSR count). The number of aromatic nitrogens is 2. The quantitative estimate of drug-likeness (QED) is 0.628. The van der Waals surface area contributed by atoms with Gasteiger partial charge in [0.15, 0.2) is 11.5 Å². The summed E-state index contributed by atoms with van der Waals surface area (Å²) in [4.78, 5) is 44.8. The van der Waals surface area contributed by atoms with Crippen LogP contribution in [-0.2, 0) is 6.54 Å². The van der Waals surface area contributed by atoms with E-state index in [4.69, 9.17) is 21.1 Å². The van der Waals surface area contributed by atoms with Gasteiger partial charge < -0.3 is 24.3 Å². The summed E-state index contributed by atoms with van der Waals surface area (Å²) < 4.78 is 11.7. The molecule has 3 heterocycles. The van der Waals surface area contributed by atoms with Crippen LogP contribution >= 0.6 is 11.6 Å². The number of carbonyl (C=O) groups is 1. The molecular weight excluding hydrogens is 448 g/mol. The number of H-pyrrole nitrogens is 1. The molecule has 0 radical (unpaired) electrons. The van der Waals surface area contributed by atoms with Crippen molar-refractivity contribution >= 4 is 23.2 Å². The molecule has 1 fully saturated rings. The van der Waals surface area contributed by atoms with Gasteiger partial charge in [-0.25, -0.2) is 4.79 Å². The Labute approximate surface area is 193 Å². The molecule has 0 atom stereocenters. The van der Waals surface area contributed by atoms with Gasteiger partial charge in [-0.2, -0.15) is 0 Å². The first-order valence-corrected chi connectivity index (χ1v) is 10.9. The second-order valence-corrected chi connectivity index (χ2v) is 8.22. The zero-order valence-electron chi connectivity index (χ0n) is 17.6. The molecule has 1 saturated heterocycles. The summed E-state index contributed by atoms with van der Waals surface area (Å²) in [5.74, 6) is 0.759. The van der Waals surface area contributed by atoms with Gasteiger partial charge in [-0.3, -0.25) is 14.2 Å².